The number of methoxy groups -OCH3 is 1. The van der Waals surface area contributed by atoms with Gasteiger partial charge in [0.1, 0.15) is 12.3 Å². The Morgan fingerprint density at radius 1 is 1.22 bits per heavy atom. The molecule has 0 bridgehead atoms. The fourth-order valence-electron chi connectivity index (χ4n) is 3.02. The van der Waals surface area contributed by atoms with Gasteiger partial charge in [0.25, 0.3) is 16.8 Å². The second kappa shape index (κ2) is 9.65. The number of nitrogens with zero attached hydrogens (tertiary/aromatic N) is 2. The number of rotatable bonds is 7. The number of carbonyl (C=O) groups excluding carboxylic acids is 3. The number of hydrogen-bond acceptors (Lipinski definition) is 7. The number of benzene rings is 2. The zero-order valence-corrected chi connectivity index (χ0v) is 18.5. The summed E-state index contributed by atoms with van der Waals surface area (Å²) in [5, 5.41) is 13.1. The van der Waals surface area contributed by atoms with Gasteiger partial charge in [-0.3, -0.25) is 29.4 Å². The van der Waals surface area contributed by atoms with Crippen LogP contribution in [-0.2, 0) is 9.59 Å². The topological polar surface area (TPSA) is 119 Å². The van der Waals surface area contributed by atoms with Crippen molar-refractivity contribution in [2.24, 2.45) is 0 Å². The standard InChI is InChI=1S/C22H21N3O6S/c1-13(2)14-4-6-16(7-5-14)23-20(26)12-24-21(27)19(32-22(24)28)11-15-10-17(25(29)30)8-9-18(15)31-3/h4-11,13H,12H2,1-3H3,(H,23,26)/b19-11+. The molecule has 1 aliphatic heterocycles. The third-order valence-corrected chi connectivity index (χ3v) is 5.65. The monoisotopic (exact) mass is 455 g/mol. The number of carbonyl (C=O) groups is 3. The predicted molar refractivity (Wildman–Crippen MR) is 121 cm³/mol. The van der Waals surface area contributed by atoms with Crippen LogP contribution in [0.1, 0.15) is 30.9 Å². The van der Waals surface area contributed by atoms with Crippen LogP contribution < -0.4 is 10.1 Å². The van der Waals surface area contributed by atoms with Crippen LogP contribution in [0.3, 0.4) is 0 Å². The molecule has 0 unspecified atom stereocenters. The van der Waals surface area contributed by atoms with Crippen LogP contribution in [0.4, 0.5) is 16.2 Å². The third kappa shape index (κ3) is 5.14. The molecule has 0 aromatic heterocycles. The van der Waals surface area contributed by atoms with Crippen LogP contribution in [-0.4, -0.2) is 40.5 Å². The van der Waals surface area contributed by atoms with Crippen molar-refractivity contribution in [2.75, 3.05) is 19.0 Å². The van der Waals surface area contributed by atoms with Crippen molar-refractivity contribution < 1.29 is 24.0 Å². The van der Waals surface area contributed by atoms with Gasteiger partial charge in [-0.2, -0.15) is 0 Å². The van der Waals surface area contributed by atoms with Gasteiger partial charge < -0.3 is 10.1 Å². The molecule has 0 atom stereocenters. The second-order valence-electron chi connectivity index (χ2n) is 7.28. The highest BCUT2D eigenvalue weighted by atomic mass is 32.2. The molecule has 0 saturated carbocycles. The largest absolute Gasteiger partial charge is 0.496 e. The summed E-state index contributed by atoms with van der Waals surface area (Å²) < 4.78 is 5.18. The van der Waals surface area contributed by atoms with Crippen LogP contribution in [0.25, 0.3) is 6.08 Å². The summed E-state index contributed by atoms with van der Waals surface area (Å²) in [5.41, 5.74) is 1.78. The Bertz CT molecular complexity index is 1110. The Morgan fingerprint density at radius 2 is 1.91 bits per heavy atom. The molecule has 9 nitrogen and oxygen atoms in total. The number of thioether (sulfide) groups is 1. The first kappa shape index (κ1) is 23.0. The Morgan fingerprint density at radius 3 is 2.50 bits per heavy atom. The maximum Gasteiger partial charge on any atom is 0.294 e. The predicted octanol–water partition coefficient (Wildman–Crippen LogP) is 4.40. The molecule has 3 rings (SSSR count). The van der Waals surface area contributed by atoms with Crippen LogP contribution in [0.15, 0.2) is 47.4 Å². The number of non-ortho nitro benzene ring substituents is 1. The van der Waals surface area contributed by atoms with E-state index < -0.39 is 28.5 Å². The summed E-state index contributed by atoms with van der Waals surface area (Å²) in [6, 6.07) is 11.3. The molecule has 166 valence electrons. The van der Waals surface area contributed by atoms with Crippen LogP contribution in [0.5, 0.6) is 5.75 Å². The van der Waals surface area contributed by atoms with E-state index in [2.05, 4.69) is 19.2 Å². The lowest BCUT2D eigenvalue weighted by molar-refractivity contribution is -0.384. The highest BCUT2D eigenvalue weighted by Gasteiger charge is 2.36. The molecule has 2 aromatic carbocycles. The van der Waals surface area contributed by atoms with E-state index in [-0.39, 0.29) is 16.2 Å². The van der Waals surface area contributed by atoms with Crippen LogP contribution in [0, 0.1) is 10.1 Å². The summed E-state index contributed by atoms with van der Waals surface area (Å²) in [7, 11) is 1.39. The molecule has 2 aromatic rings. The lowest BCUT2D eigenvalue weighted by Gasteiger charge is -2.13. The van der Waals surface area contributed by atoms with Crippen molar-refractivity contribution in [1.29, 1.82) is 0 Å². The van der Waals surface area contributed by atoms with Gasteiger partial charge in [-0.15, -0.1) is 0 Å². The quantitative estimate of drug-likeness (QED) is 0.373. The smallest absolute Gasteiger partial charge is 0.294 e. The van der Waals surface area contributed by atoms with Crippen molar-refractivity contribution in [3.05, 3.63) is 68.6 Å². The fraction of sp³-hybridized carbons (Fsp3) is 0.227. The van der Waals surface area contributed by atoms with Gasteiger partial charge in [-0.05, 0) is 47.5 Å². The molecule has 1 saturated heterocycles. The van der Waals surface area contributed by atoms with Gasteiger partial charge in [0.05, 0.1) is 16.9 Å². The van der Waals surface area contributed by atoms with E-state index in [9.17, 15) is 24.5 Å². The summed E-state index contributed by atoms with van der Waals surface area (Å²) >= 11 is 0.657. The first-order valence-corrected chi connectivity index (χ1v) is 10.5. The second-order valence-corrected chi connectivity index (χ2v) is 8.27. The van der Waals surface area contributed by atoms with E-state index in [1.807, 2.05) is 12.1 Å². The van der Waals surface area contributed by atoms with Gasteiger partial charge >= 0.3 is 0 Å². The normalized spacial score (nSPS) is 14.9. The van der Waals surface area contributed by atoms with Gasteiger partial charge in [-0.1, -0.05) is 26.0 Å². The molecule has 1 N–H and O–H groups in total. The van der Waals surface area contributed by atoms with Crippen LogP contribution >= 0.6 is 11.8 Å². The van der Waals surface area contributed by atoms with E-state index in [0.717, 1.165) is 10.5 Å². The Kier molecular flexibility index (Phi) is 6.94. The molecule has 1 fully saturated rings. The summed E-state index contributed by atoms with van der Waals surface area (Å²) in [4.78, 5) is 48.8. The van der Waals surface area contributed by atoms with E-state index >= 15 is 0 Å². The summed E-state index contributed by atoms with van der Waals surface area (Å²) in [6.07, 6.45) is 1.35. The van der Waals surface area contributed by atoms with Crippen molar-refractivity contribution in [3.63, 3.8) is 0 Å². The minimum atomic E-state index is -0.654. The van der Waals surface area contributed by atoms with Gasteiger partial charge in [0, 0.05) is 23.4 Å². The fourth-order valence-corrected chi connectivity index (χ4v) is 3.85. The minimum Gasteiger partial charge on any atom is -0.496 e. The Hall–Kier alpha value is -3.66. The zero-order valence-electron chi connectivity index (χ0n) is 17.7. The highest BCUT2D eigenvalue weighted by molar-refractivity contribution is 8.18. The minimum absolute atomic E-state index is 0.0443. The lowest BCUT2D eigenvalue weighted by Crippen LogP contribution is -2.36. The number of amides is 3. The number of nitrogens with one attached hydrogen (secondary N) is 1. The van der Waals surface area contributed by atoms with E-state index in [1.165, 1.54) is 31.4 Å². The Balaban J connectivity index is 1.74. The lowest BCUT2D eigenvalue weighted by atomic mass is 10.0. The third-order valence-electron chi connectivity index (χ3n) is 4.75. The highest BCUT2D eigenvalue weighted by Crippen LogP contribution is 2.35. The zero-order chi connectivity index (χ0) is 23.4. The molecule has 1 heterocycles. The van der Waals surface area contributed by atoms with Gasteiger partial charge in [-0.25, -0.2) is 0 Å². The summed E-state index contributed by atoms with van der Waals surface area (Å²) in [6.45, 7) is 3.67. The maximum atomic E-state index is 12.7. The number of nitro benzene ring substituents is 1. The molecule has 0 spiro atoms. The number of hydrogen-bond donors (Lipinski definition) is 1. The number of anilines is 1. The first-order chi connectivity index (χ1) is 15.2. The number of imide groups is 1. The molecular formula is C22H21N3O6S. The molecule has 32 heavy (non-hydrogen) atoms. The number of ether oxygens (including phenoxy) is 1. The van der Waals surface area contributed by atoms with E-state index in [1.54, 1.807) is 12.1 Å². The first-order valence-electron chi connectivity index (χ1n) is 9.67. The van der Waals surface area contributed by atoms with Crippen LogP contribution in [0.2, 0.25) is 0 Å². The van der Waals surface area contributed by atoms with Crippen molar-refractivity contribution in [1.82, 2.24) is 4.90 Å². The molecule has 1 aliphatic rings. The van der Waals surface area contributed by atoms with Gasteiger partial charge in [0.15, 0.2) is 0 Å². The van der Waals surface area contributed by atoms with Crippen molar-refractivity contribution in [2.45, 2.75) is 19.8 Å². The maximum absolute atomic E-state index is 12.7. The Labute approximate surface area is 188 Å². The average molecular weight is 455 g/mol. The van der Waals surface area contributed by atoms with E-state index in [4.69, 9.17) is 4.74 Å². The van der Waals surface area contributed by atoms with E-state index in [0.29, 0.717) is 29.1 Å². The summed E-state index contributed by atoms with van der Waals surface area (Å²) in [5.74, 6) is -0.505. The molecule has 10 heteroatoms. The SMILES string of the molecule is COc1ccc([N+](=O)[O-])cc1/C=C1/SC(=O)N(CC(=O)Nc2ccc(C(C)C)cc2)C1=O. The van der Waals surface area contributed by atoms with Crippen molar-refractivity contribution in [3.8, 4) is 5.75 Å². The average Bonchev–Trinajstić information content (AvgIpc) is 3.01. The molecule has 0 radical (unpaired) electrons. The van der Waals surface area contributed by atoms with Crippen molar-refractivity contribution >= 4 is 46.3 Å². The molecule has 0 aliphatic carbocycles. The van der Waals surface area contributed by atoms with Gasteiger partial charge in [0.2, 0.25) is 5.91 Å². The molecule has 3 amide bonds. The molecular weight excluding hydrogens is 434 g/mol. The number of nitro groups is 1.